The van der Waals surface area contributed by atoms with Crippen LogP contribution in [0.25, 0.3) is 6.08 Å². The number of thiazole rings is 1. The number of carbonyl (C=O) groups excluding carboxylic acids is 1. The maximum absolute atomic E-state index is 13.8. The molecule has 41 heavy (non-hydrogen) atoms. The molecule has 0 amide bonds. The Bertz CT molecular complexity index is 1810. The average Bonchev–Trinajstić information content (AvgIpc) is 3.30. The number of benzene rings is 3. The number of allylic oxidation sites excluding steroid dienone is 1. The highest BCUT2D eigenvalue weighted by Crippen LogP contribution is 2.37. The van der Waals surface area contributed by atoms with Crippen molar-refractivity contribution in [1.29, 1.82) is 0 Å². The van der Waals surface area contributed by atoms with Crippen molar-refractivity contribution in [1.82, 2.24) is 4.57 Å². The number of nitrogens with zero attached hydrogens (tertiary/aromatic N) is 2. The Morgan fingerprint density at radius 2 is 1.85 bits per heavy atom. The van der Waals surface area contributed by atoms with E-state index in [1.54, 1.807) is 30.3 Å². The first kappa shape index (κ1) is 28.3. The molecule has 0 bridgehead atoms. The molecule has 10 heteroatoms. The number of rotatable bonds is 8. The van der Waals surface area contributed by atoms with Gasteiger partial charge in [0.25, 0.3) is 5.56 Å². The van der Waals surface area contributed by atoms with Gasteiger partial charge in [0.2, 0.25) is 0 Å². The first-order valence-corrected chi connectivity index (χ1v) is 14.0. The van der Waals surface area contributed by atoms with E-state index < -0.39 is 12.0 Å². The van der Waals surface area contributed by atoms with Gasteiger partial charge in [-0.25, -0.2) is 14.2 Å². The van der Waals surface area contributed by atoms with Crippen molar-refractivity contribution in [2.75, 3.05) is 14.2 Å². The van der Waals surface area contributed by atoms with Crippen molar-refractivity contribution >= 4 is 35.0 Å². The summed E-state index contributed by atoms with van der Waals surface area (Å²) in [6, 6.07) is 18.0. The van der Waals surface area contributed by atoms with Crippen LogP contribution in [0.2, 0.25) is 5.02 Å². The number of aromatic nitrogens is 1. The molecule has 5 rings (SSSR count). The van der Waals surface area contributed by atoms with E-state index in [0.29, 0.717) is 44.1 Å². The van der Waals surface area contributed by atoms with Gasteiger partial charge in [-0.3, -0.25) is 9.36 Å². The number of hydrogen-bond donors (Lipinski definition) is 0. The highest BCUT2D eigenvalue weighted by atomic mass is 35.5. The molecule has 210 valence electrons. The second kappa shape index (κ2) is 12.1. The molecule has 0 N–H and O–H groups in total. The Morgan fingerprint density at radius 1 is 1.12 bits per heavy atom. The second-order valence-electron chi connectivity index (χ2n) is 9.15. The lowest BCUT2D eigenvalue weighted by atomic mass is 9.95. The van der Waals surface area contributed by atoms with Crippen LogP contribution in [0.4, 0.5) is 4.39 Å². The number of hydrogen-bond acceptors (Lipinski definition) is 7. The molecule has 3 aromatic carbocycles. The van der Waals surface area contributed by atoms with Gasteiger partial charge in [-0.15, -0.1) is 0 Å². The fourth-order valence-corrected chi connectivity index (χ4v) is 5.96. The summed E-state index contributed by atoms with van der Waals surface area (Å²) in [4.78, 5) is 31.9. The Labute approximate surface area is 244 Å². The molecule has 0 radical (unpaired) electrons. The van der Waals surface area contributed by atoms with Crippen LogP contribution >= 0.6 is 22.9 Å². The predicted octanol–water partition coefficient (Wildman–Crippen LogP) is 5.18. The van der Waals surface area contributed by atoms with E-state index in [1.807, 2.05) is 37.3 Å². The summed E-state index contributed by atoms with van der Waals surface area (Å²) in [7, 11) is 2.81. The van der Waals surface area contributed by atoms with Crippen LogP contribution in [0.3, 0.4) is 0 Å². The van der Waals surface area contributed by atoms with E-state index in [4.69, 9.17) is 25.8 Å². The number of halogens is 2. The highest BCUT2D eigenvalue weighted by Gasteiger charge is 2.33. The van der Waals surface area contributed by atoms with Gasteiger partial charge in [0, 0.05) is 0 Å². The molecule has 1 aliphatic rings. The minimum Gasteiger partial charge on any atom is -0.493 e. The molecule has 7 nitrogen and oxygen atoms in total. The monoisotopic (exact) mass is 592 g/mol. The summed E-state index contributed by atoms with van der Waals surface area (Å²) >= 11 is 7.81. The van der Waals surface area contributed by atoms with Gasteiger partial charge in [-0.2, -0.15) is 0 Å². The zero-order valence-electron chi connectivity index (χ0n) is 22.5. The van der Waals surface area contributed by atoms with Crippen LogP contribution in [-0.2, 0) is 16.1 Å². The van der Waals surface area contributed by atoms with Crippen LogP contribution in [0.15, 0.2) is 87.8 Å². The third-order valence-corrected chi connectivity index (χ3v) is 7.88. The summed E-state index contributed by atoms with van der Waals surface area (Å²) < 4.78 is 31.7. The zero-order valence-corrected chi connectivity index (χ0v) is 24.1. The molecule has 1 aliphatic heterocycles. The standard InChI is InChI=1S/C31H26ClFN2O5S/c1-4-23-26(30(37)39-3)27(20-8-6-5-7-9-20)35-29(36)25(41-31(35)34-23)16-19-14-22(32)28(24(15-19)38-2)40-17-18-10-12-21(33)13-11-18/h5-16,27H,4,17H2,1-3H3/b25-16-/t27-/m1/s1. The van der Waals surface area contributed by atoms with E-state index in [9.17, 15) is 14.0 Å². The van der Waals surface area contributed by atoms with Crippen LogP contribution < -0.4 is 24.4 Å². The lowest BCUT2D eigenvalue weighted by molar-refractivity contribution is -0.136. The fraction of sp³-hybridized carbons (Fsp3) is 0.194. The van der Waals surface area contributed by atoms with Gasteiger partial charge in [0.15, 0.2) is 16.3 Å². The van der Waals surface area contributed by atoms with Crippen LogP contribution in [-0.4, -0.2) is 24.8 Å². The van der Waals surface area contributed by atoms with Crippen molar-refractivity contribution in [3.63, 3.8) is 0 Å². The predicted molar refractivity (Wildman–Crippen MR) is 156 cm³/mol. The summed E-state index contributed by atoms with van der Waals surface area (Å²) in [5.74, 6) is -0.151. The third kappa shape index (κ3) is 5.68. The number of carbonyl (C=O) groups is 1. The van der Waals surface area contributed by atoms with E-state index in [-0.39, 0.29) is 23.0 Å². The zero-order chi connectivity index (χ0) is 29.1. The Kier molecular flexibility index (Phi) is 8.37. The Balaban J connectivity index is 1.58. The highest BCUT2D eigenvalue weighted by molar-refractivity contribution is 7.07. The first-order valence-electron chi connectivity index (χ1n) is 12.8. The lowest BCUT2D eigenvalue weighted by Crippen LogP contribution is -2.40. The number of ether oxygens (including phenoxy) is 3. The van der Waals surface area contributed by atoms with E-state index in [1.165, 1.54) is 42.3 Å². The van der Waals surface area contributed by atoms with Gasteiger partial charge in [-0.1, -0.05) is 72.3 Å². The minimum atomic E-state index is -0.683. The van der Waals surface area contributed by atoms with Crippen molar-refractivity contribution < 1.29 is 23.4 Å². The molecular weight excluding hydrogens is 567 g/mol. The summed E-state index contributed by atoms with van der Waals surface area (Å²) in [5, 5.41) is 0.286. The molecule has 0 aliphatic carbocycles. The maximum Gasteiger partial charge on any atom is 0.338 e. The third-order valence-electron chi connectivity index (χ3n) is 6.61. The van der Waals surface area contributed by atoms with E-state index in [0.717, 1.165) is 11.1 Å². The molecule has 0 unspecified atom stereocenters. The largest absolute Gasteiger partial charge is 0.493 e. The van der Waals surface area contributed by atoms with E-state index >= 15 is 0 Å². The van der Waals surface area contributed by atoms with Gasteiger partial charge in [0.1, 0.15) is 12.4 Å². The molecule has 0 spiro atoms. The normalized spacial score (nSPS) is 14.9. The Hall–Kier alpha value is -4.21. The Morgan fingerprint density at radius 3 is 2.51 bits per heavy atom. The quantitative estimate of drug-likeness (QED) is 0.264. The molecular formula is C31H26ClFN2O5S. The summed E-state index contributed by atoms with van der Waals surface area (Å²) in [5.41, 5.74) is 2.77. The van der Waals surface area contributed by atoms with Gasteiger partial charge in [0.05, 0.1) is 41.1 Å². The molecule has 0 saturated carbocycles. The second-order valence-corrected chi connectivity index (χ2v) is 10.6. The SMILES string of the molecule is CCC1=C(C(=O)OC)[C@@H](c2ccccc2)n2c(s/c(=C\c3cc(Cl)c(OCc4ccc(F)cc4)c(OC)c3)c2=O)=N1. The van der Waals surface area contributed by atoms with Crippen LogP contribution in [0.5, 0.6) is 11.5 Å². The van der Waals surface area contributed by atoms with Gasteiger partial charge < -0.3 is 14.2 Å². The smallest absolute Gasteiger partial charge is 0.338 e. The van der Waals surface area contributed by atoms with Gasteiger partial charge in [-0.05, 0) is 53.5 Å². The number of esters is 1. The minimum absolute atomic E-state index is 0.163. The van der Waals surface area contributed by atoms with Crippen molar-refractivity contribution in [3.05, 3.63) is 125 Å². The van der Waals surface area contributed by atoms with Crippen LogP contribution in [0.1, 0.15) is 36.1 Å². The molecule has 4 aromatic rings. The van der Waals surface area contributed by atoms with Crippen molar-refractivity contribution in [2.24, 2.45) is 4.99 Å². The summed E-state index contributed by atoms with van der Waals surface area (Å²) in [6.45, 7) is 2.07. The molecule has 1 atom stereocenters. The first-order chi connectivity index (χ1) is 19.8. The molecule has 1 aromatic heterocycles. The van der Waals surface area contributed by atoms with Gasteiger partial charge >= 0.3 is 5.97 Å². The lowest BCUT2D eigenvalue weighted by Gasteiger charge is -2.25. The average molecular weight is 593 g/mol. The molecule has 0 saturated heterocycles. The maximum atomic E-state index is 13.8. The summed E-state index contributed by atoms with van der Waals surface area (Å²) in [6.07, 6.45) is 2.20. The topological polar surface area (TPSA) is 79.1 Å². The van der Waals surface area contributed by atoms with Crippen molar-refractivity contribution in [2.45, 2.75) is 26.0 Å². The fourth-order valence-electron chi connectivity index (χ4n) is 4.67. The van der Waals surface area contributed by atoms with E-state index in [2.05, 4.69) is 4.99 Å². The van der Waals surface area contributed by atoms with Crippen LogP contribution in [0, 0.1) is 5.82 Å². The number of fused-ring (bicyclic) bond motifs is 1. The molecule has 0 fully saturated rings. The van der Waals surface area contributed by atoms with Crippen molar-refractivity contribution in [3.8, 4) is 11.5 Å². The number of methoxy groups -OCH3 is 2. The molecule has 2 heterocycles.